The predicted octanol–water partition coefficient (Wildman–Crippen LogP) is 2.12. The Morgan fingerprint density at radius 3 is 3.21 bits per heavy atom. The van der Waals surface area contributed by atoms with E-state index in [0.717, 1.165) is 35.0 Å². The van der Waals surface area contributed by atoms with Crippen LogP contribution in [0.4, 0.5) is 0 Å². The van der Waals surface area contributed by atoms with Crippen molar-refractivity contribution in [2.45, 2.75) is 38.5 Å². The van der Waals surface area contributed by atoms with Gasteiger partial charge in [0, 0.05) is 4.88 Å². The number of fused-ring (bicyclic) bond motifs is 3. The monoisotopic (exact) mass is 346 g/mol. The van der Waals surface area contributed by atoms with Crippen LogP contribution < -0.4 is 5.56 Å². The summed E-state index contributed by atoms with van der Waals surface area (Å²) < 4.78 is 12.1. The Morgan fingerprint density at radius 2 is 2.38 bits per heavy atom. The smallest absolute Gasteiger partial charge is 0.262 e. The van der Waals surface area contributed by atoms with E-state index in [2.05, 4.69) is 4.98 Å². The zero-order chi connectivity index (χ0) is 16.5. The molecule has 3 heterocycles. The third-order valence-corrected chi connectivity index (χ3v) is 5.43. The quantitative estimate of drug-likeness (QED) is 0.740. The molecule has 1 aliphatic carbocycles. The van der Waals surface area contributed by atoms with Gasteiger partial charge in [0.1, 0.15) is 17.2 Å². The highest BCUT2D eigenvalue weighted by atomic mass is 32.1. The van der Waals surface area contributed by atoms with Crippen LogP contribution >= 0.6 is 11.3 Å². The van der Waals surface area contributed by atoms with Crippen molar-refractivity contribution < 1.29 is 14.3 Å². The largest absolute Gasteiger partial charge is 0.467 e. The molecule has 126 valence electrons. The lowest BCUT2D eigenvalue weighted by atomic mass is 10.2. The van der Waals surface area contributed by atoms with Gasteiger partial charge in [0.15, 0.2) is 0 Å². The summed E-state index contributed by atoms with van der Waals surface area (Å²) in [5.41, 5.74) is 1.09. The Balaban J connectivity index is 1.46. The van der Waals surface area contributed by atoms with E-state index in [1.165, 1.54) is 15.8 Å². The van der Waals surface area contributed by atoms with Gasteiger partial charge in [-0.3, -0.25) is 9.36 Å². The number of aliphatic hydroxyl groups excluding tert-OH is 1. The first-order chi connectivity index (χ1) is 11.7. The fourth-order valence-electron chi connectivity index (χ4n) is 3.12. The minimum absolute atomic E-state index is 0.0653. The fourth-order valence-corrected chi connectivity index (χ4v) is 4.34. The summed E-state index contributed by atoms with van der Waals surface area (Å²) in [5.74, 6) is 0.705. The number of ether oxygens (including phenoxy) is 1. The zero-order valence-corrected chi connectivity index (χ0v) is 13.9. The lowest BCUT2D eigenvalue weighted by Crippen LogP contribution is -2.29. The van der Waals surface area contributed by atoms with Gasteiger partial charge in [-0.05, 0) is 37.0 Å². The molecule has 0 saturated carbocycles. The van der Waals surface area contributed by atoms with Crippen LogP contribution in [0.25, 0.3) is 10.2 Å². The van der Waals surface area contributed by atoms with E-state index in [1.54, 1.807) is 23.7 Å². The number of aromatic nitrogens is 2. The van der Waals surface area contributed by atoms with Gasteiger partial charge < -0.3 is 14.3 Å². The molecule has 6 nitrogen and oxygen atoms in total. The van der Waals surface area contributed by atoms with Crippen molar-refractivity contribution >= 4 is 21.6 Å². The van der Waals surface area contributed by atoms with Gasteiger partial charge in [-0.25, -0.2) is 4.98 Å². The van der Waals surface area contributed by atoms with Gasteiger partial charge in [0.05, 0.1) is 37.2 Å². The summed E-state index contributed by atoms with van der Waals surface area (Å²) in [6.45, 7) is 0.603. The van der Waals surface area contributed by atoms with Crippen molar-refractivity contribution in [3.05, 3.63) is 51.3 Å². The second-order valence-electron chi connectivity index (χ2n) is 5.99. The molecule has 0 unspecified atom stereocenters. The van der Waals surface area contributed by atoms with Crippen molar-refractivity contribution in [3.63, 3.8) is 0 Å². The van der Waals surface area contributed by atoms with Crippen LogP contribution in [0.3, 0.4) is 0 Å². The molecule has 0 aromatic carbocycles. The van der Waals surface area contributed by atoms with Crippen LogP contribution in [-0.2, 0) is 30.7 Å². The number of nitrogens with zero attached hydrogens (tertiary/aromatic N) is 2. The van der Waals surface area contributed by atoms with Crippen molar-refractivity contribution in [1.82, 2.24) is 9.55 Å². The first kappa shape index (κ1) is 15.6. The molecule has 1 atom stereocenters. The highest BCUT2D eigenvalue weighted by molar-refractivity contribution is 7.18. The average Bonchev–Trinajstić information content (AvgIpc) is 3.26. The van der Waals surface area contributed by atoms with Crippen LogP contribution in [0.15, 0.2) is 33.9 Å². The van der Waals surface area contributed by atoms with E-state index < -0.39 is 6.10 Å². The number of aryl methyl sites for hydroxylation is 2. The summed E-state index contributed by atoms with van der Waals surface area (Å²) in [6.07, 6.45) is 5.42. The molecular weight excluding hydrogens is 328 g/mol. The van der Waals surface area contributed by atoms with E-state index in [1.807, 2.05) is 6.07 Å². The van der Waals surface area contributed by atoms with Gasteiger partial charge in [0.25, 0.3) is 5.56 Å². The summed E-state index contributed by atoms with van der Waals surface area (Å²) in [4.78, 5) is 19.2. The Kier molecular flexibility index (Phi) is 4.22. The van der Waals surface area contributed by atoms with Crippen molar-refractivity contribution in [3.8, 4) is 0 Å². The lowest BCUT2D eigenvalue weighted by Gasteiger charge is -2.12. The molecule has 4 rings (SSSR count). The van der Waals surface area contributed by atoms with Crippen LogP contribution in [0.5, 0.6) is 0 Å². The first-order valence-corrected chi connectivity index (χ1v) is 8.82. The molecule has 1 aliphatic rings. The number of hydrogen-bond acceptors (Lipinski definition) is 6. The maximum Gasteiger partial charge on any atom is 0.262 e. The molecule has 1 N–H and O–H groups in total. The molecule has 24 heavy (non-hydrogen) atoms. The van der Waals surface area contributed by atoms with Gasteiger partial charge >= 0.3 is 0 Å². The van der Waals surface area contributed by atoms with Crippen molar-refractivity contribution in [1.29, 1.82) is 0 Å². The Labute approximate surface area is 142 Å². The molecule has 0 aliphatic heterocycles. The number of aliphatic hydroxyl groups is 1. The van der Waals surface area contributed by atoms with E-state index >= 15 is 0 Å². The van der Waals surface area contributed by atoms with Gasteiger partial charge in [-0.1, -0.05) is 0 Å². The Morgan fingerprint density at radius 1 is 1.46 bits per heavy atom. The zero-order valence-electron chi connectivity index (χ0n) is 13.1. The normalized spacial score (nSPS) is 15.0. The van der Waals surface area contributed by atoms with Crippen LogP contribution in [0, 0.1) is 0 Å². The second-order valence-corrected chi connectivity index (χ2v) is 7.07. The molecule has 3 aromatic rings. The topological polar surface area (TPSA) is 77.5 Å². The predicted molar refractivity (Wildman–Crippen MR) is 90.3 cm³/mol. The molecule has 7 heteroatoms. The molecule has 0 radical (unpaired) electrons. The van der Waals surface area contributed by atoms with Gasteiger partial charge in [-0.15, -0.1) is 11.3 Å². The highest BCUT2D eigenvalue weighted by Crippen LogP contribution is 2.34. The second kappa shape index (κ2) is 6.51. The molecule has 0 spiro atoms. The minimum atomic E-state index is -0.774. The van der Waals surface area contributed by atoms with Crippen molar-refractivity contribution in [2.75, 3.05) is 6.61 Å². The summed E-state index contributed by atoms with van der Waals surface area (Å²) in [5, 5.41) is 10.9. The van der Waals surface area contributed by atoms with Crippen molar-refractivity contribution in [2.24, 2.45) is 0 Å². The van der Waals surface area contributed by atoms with E-state index in [-0.39, 0.29) is 18.7 Å². The summed E-state index contributed by atoms with van der Waals surface area (Å²) >= 11 is 1.62. The molecule has 0 saturated heterocycles. The van der Waals surface area contributed by atoms with Gasteiger partial charge in [0.2, 0.25) is 0 Å². The number of furan rings is 1. The van der Waals surface area contributed by atoms with Crippen LogP contribution in [0.2, 0.25) is 0 Å². The highest BCUT2D eigenvalue weighted by Gasteiger charge is 2.21. The lowest BCUT2D eigenvalue weighted by molar-refractivity contribution is 0.0142. The Bertz CT molecular complexity index is 897. The third-order valence-electron chi connectivity index (χ3n) is 4.23. The van der Waals surface area contributed by atoms with E-state index in [4.69, 9.17) is 9.15 Å². The summed E-state index contributed by atoms with van der Waals surface area (Å²) in [6, 6.07) is 3.60. The standard InChI is InChI=1S/C17H18N2O4S/c20-11(8-22-9-12-3-2-6-23-12)7-19-10-18-16-15(17(19)21)13-4-1-5-14(13)24-16/h2-3,6,10-11,20H,1,4-5,7-9H2/t11-/m0/s1. The number of thiophene rings is 1. The average molecular weight is 346 g/mol. The maximum atomic E-state index is 12.7. The maximum absolute atomic E-state index is 12.7. The minimum Gasteiger partial charge on any atom is -0.467 e. The molecule has 0 fully saturated rings. The Hall–Kier alpha value is -1.96. The molecule has 0 bridgehead atoms. The number of hydrogen-bond donors (Lipinski definition) is 1. The van der Waals surface area contributed by atoms with Gasteiger partial charge in [-0.2, -0.15) is 0 Å². The molecule has 3 aromatic heterocycles. The van der Waals surface area contributed by atoms with Crippen LogP contribution in [0.1, 0.15) is 22.6 Å². The molecular formula is C17H18N2O4S. The van der Waals surface area contributed by atoms with Crippen LogP contribution in [-0.4, -0.2) is 27.4 Å². The van der Waals surface area contributed by atoms with E-state index in [9.17, 15) is 9.90 Å². The third kappa shape index (κ3) is 2.90. The number of rotatable bonds is 6. The summed E-state index contributed by atoms with van der Waals surface area (Å²) in [7, 11) is 0. The first-order valence-electron chi connectivity index (χ1n) is 8.00. The molecule has 0 amide bonds. The SMILES string of the molecule is O=c1c2c3c(sc2ncn1C[C@H](O)COCc1ccco1)CCC3. The van der Waals surface area contributed by atoms with E-state index in [0.29, 0.717) is 12.4 Å². The fraction of sp³-hybridized carbons (Fsp3) is 0.412.